The summed E-state index contributed by atoms with van der Waals surface area (Å²) in [5, 5.41) is 21.8. The topological polar surface area (TPSA) is 98.7 Å². The number of anilines is 1. The molecule has 0 radical (unpaired) electrons. The zero-order chi connectivity index (χ0) is 14.4. The molecule has 0 heterocycles. The molecule has 1 atom stereocenters. The van der Waals surface area contributed by atoms with Crippen molar-refractivity contribution < 1.29 is 24.2 Å². The third-order valence-electron chi connectivity index (χ3n) is 2.39. The van der Waals surface area contributed by atoms with Gasteiger partial charge in [0.2, 0.25) is 0 Å². The van der Waals surface area contributed by atoms with E-state index in [0.29, 0.717) is 0 Å². The molecule has 6 nitrogen and oxygen atoms in total. The summed E-state index contributed by atoms with van der Waals surface area (Å²) in [6.45, 7) is 1.35. The number of aliphatic hydroxyl groups excluding tert-OH is 1. The Bertz CT molecular complexity index is 479. The summed E-state index contributed by atoms with van der Waals surface area (Å²) in [5.41, 5.74) is 0.715. The minimum absolute atomic E-state index is 0.0364. The smallest absolute Gasteiger partial charge is 0.326 e. The van der Waals surface area contributed by atoms with Crippen LogP contribution >= 0.6 is 0 Å². The van der Waals surface area contributed by atoms with Crippen molar-refractivity contribution in [3.63, 3.8) is 0 Å². The maximum atomic E-state index is 13.4. The molecule has 0 aliphatic carbocycles. The van der Waals surface area contributed by atoms with E-state index in [0.717, 1.165) is 5.56 Å². The highest BCUT2D eigenvalue weighted by Gasteiger charge is 2.19. The zero-order valence-corrected chi connectivity index (χ0v) is 10.3. The van der Waals surface area contributed by atoms with E-state index in [1.165, 1.54) is 12.1 Å². The van der Waals surface area contributed by atoms with Crippen LogP contribution in [0.4, 0.5) is 14.9 Å². The van der Waals surface area contributed by atoms with Crippen molar-refractivity contribution in [2.75, 3.05) is 11.9 Å². The summed E-state index contributed by atoms with van der Waals surface area (Å²) < 4.78 is 13.4. The standard InChI is InChI=1S/C12H15FN2O4/c1-7-2-3-8(13)10(6-7)15-12(19)14-9(4-5-16)11(17)18/h2-3,6,9,16H,4-5H2,1H3,(H,17,18)(H2,14,15,19)/t9-/m0/s1. The first-order valence-electron chi connectivity index (χ1n) is 5.61. The largest absolute Gasteiger partial charge is 0.480 e. The Balaban J connectivity index is 2.68. The zero-order valence-electron chi connectivity index (χ0n) is 10.3. The molecule has 0 unspecified atom stereocenters. The number of carbonyl (C=O) groups excluding carboxylic acids is 1. The van der Waals surface area contributed by atoms with E-state index in [2.05, 4.69) is 10.6 Å². The first-order valence-corrected chi connectivity index (χ1v) is 5.61. The number of nitrogens with one attached hydrogen (secondary N) is 2. The second-order valence-corrected chi connectivity index (χ2v) is 3.98. The molecule has 19 heavy (non-hydrogen) atoms. The Hall–Kier alpha value is -2.15. The van der Waals surface area contributed by atoms with Gasteiger partial charge in [0.15, 0.2) is 0 Å². The van der Waals surface area contributed by atoms with Gasteiger partial charge in [0.25, 0.3) is 0 Å². The van der Waals surface area contributed by atoms with Gasteiger partial charge in [0.05, 0.1) is 5.69 Å². The van der Waals surface area contributed by atoms with Crippen LogP contribution in [0.5, 0.6) is 0 Å². The Labute approximate surface area is 109 Å². The van der Waals surface area contributed by atoms with E-state index >= 15 is 0 Å². The fourth-order valence-corrected chi connectivity index (χ4v) is 1.44. The van der Waals surface area contributed by atoms with Gasteiger partial charge in [-0.2, -0.15) is 0 Å². The number of aryl methyl sites for hydroxylation is 1. The van der Waals surface area contributed by atoms with Gasteiger partial charge < -0.3 is 20.8 Å². The number of aliphatic hydroxyl groups is 1. The van der Waals surface area contributed by atoms with Gasteiger partial charge in [0.1, 0.15) is 11.9 Å². The number of hydrogen-bond donors (Lipinski definition) is 4. The first-order chi connectivity index (χ1) is 8.93. The molecule has 1 aromatic rings. The van der Waals surface area contributed by atoms with Gasteiger partial charge in [-0.25, -0.2) is 14.0 Å². The predicted molar refractivity (Wildman–Crippen MR) is 66.4 cm³/mol. The summed E-state index contributed by atoms with van der Waals surface area (Å²) >= 11 is 0. The molecule has 1 aromatic carbocycles. The van der Waals surface area contributed by atoms with Crippen LogP contribution in [0.1, 0.15) is 12.0 Å². The minimum Gasteiger partial charge on any atom is -0.480 e. The number of amides is 2. The second kappa shape index (κ2) is 6.69. The minimum atomic E-state index is -1.27. The number of rotatable bonds is 5. The highest BCUT2D eigenvalue weighted by atomic mass is 19.1. The van der Waals surface area contributed by atoms with E-state index in [9.17, 15) is 14.0 Å². The molecule has 0 saturated heterocycles. The summed E-state index contributed by atoms with van der Waals surface area (Å²) in [6.07, 6.45) is -0.126. The lowest BCUT2D eigenvalue weighted by Gasteiger charge is -2.14. The summed E-state index contributed by atoms with van der Waals surface area (Å²) in [7, 11) is 0. The molecular weight excluding hydrogens is 255 g/mol. The molecule has 0 bridgehead atoms. The number of carboxylic acids is 1. The van der Waals surface area contributed by atoms with E-state index < -0.39 is 23.9 Å². The third-order valence-corrected chi connectivity index (χ3v) is 2.39. The van der Waals surface area contributed by atoms with Crippen LogP contribution in [-0.2, 0) is 4.79 Å². The summed E-state index contributed by atoms with van der Waals surface area (Å²) in [6, 6.07) is 2.11. The lowest BCUT2D eigenvalue weighted by molar-refractivity contribution is -0.139. The SMILES string of the molecule is Cc1ccc(F)c(NC(=O)N[C@@H](CCO)C(=O)O)c1. The van der Waals surface area contributed by atoms with Crippen LogP contribution in [0, 0.1) is 12.7 Å². The van der Waals surface area contributed by atoms with Gasteiger partial charge in [-0.15, -0.1) is 0 Å². The highest BCUT2D eigenvalue weighted by Crippen LogP contribution is 2.15. The third kappa shape index (κ3) is 4.55. The van der Waals surface area contributed by atoms with Gasteiger partial charge in [-0.3, -0.25) is 0 Å². The van der Waals surface area contributed by atoms with E-state index in [-0.39, 0.29) is 18.7 Å². The Morgan fingerprint density at radius 2 is 2.11 bits per heavy atom. The van der Waals surface area contributed by atoms with Crippen molar-refractivity contribution in [3.8, 4) is 0 Å². The lowest BCUT2D eigenvalue weighted by Crippen LogP contribution is -2.43. The van der Waals surface area contributed by atoms with E-state index in [1.54, 1.807) is 13.0 Å². The normalized spacial score (nSPS) is 11.7. The van der Waals surface area contributed by atoms with Crippen molar-refractivity contribution in [3.05, 3.63) is 29.6 Å². The molecule has 0 fully saturated rings. The average Bonchev–Trinajstić information content (AvgIpc) is 2.33. The van der Waals surface area contributed by atoms with E-state index in [1.807, 2.05) is 0 Å². The number of urea groups is 1. The highest BCUT2D eigenvalue weighted by molar-refractivity contribution is 5.92. The maximum absolute atomic E-state index is 13.4. The lowest BCUT2D eigenvalue weighted by atomic mass is 10.2. The maximum Gasteiger partial charge on any atom is 0.326 e. The number of aliphatic carboxylic acids is 1. The Morgan fingerprint density at radius 1 is 1.42 bits per heavy atom. The van der Waals surface area contributed by atoms with Crippen molar-refractivity contribution in [2.24, 2.45) is 0 Å². The molecule has 7 heteroatoms. The van der Waals surface area contributed by atoms with Crippen molar-refractivity contribution >= 4 is 17.7 Å². The predicted octanol–water partition coefficient (Wildman–Crippen LogP) is 1.09. The monoisotopic (exact) mass is 270 g/mol. The molecule has 4 N–H and O–H groups in total. The molecule has 2 amide bonds. The van der Waals surface area contributed by atoms with Crippen LogP contribution < -0.4 is 10.6 Å². The van der Waals surface area contributed by atoms with Crippen molar-refractivity contribution in [1.29, 1.82) is 0 Å². The number of halogens is 1. The summed E-state index contributed by atoms with van der Waals surface area (Å²) in [5.74, 6) is -1.89. The molecule has 0 aliphatic heterocycles. The number of hydrogen-bond acceptors (Lipinski definition) is 3. The fraction of sp³-hybridized carbons (Fsp3) is 0.333. The van der Waals surface area contributed by atoms with Gasteiger partial charge in [0, 0.05) is 13.0 Å². The Kier molecular flexibility index (Phi) is 5.25. The number of benzene rings is 1. The van der Waals surface area contributed by atoms with Crippen LogP contribution in [0.15, 0.2) is 18.2 Å². The van der Waals surface area contributed by atoms with E-state index in [4.69, 9.17) is 10.2 Å². The van der Waals surface area contributed by atoms with Crippen LogP contribution in [0.3, 0.4) is 0 Å². The van der Waals surface area contributed by atoms with Gasteiger partial charge in [-0.1, -0.05) is 6.07 Å². The number of carbonyl (C=O) groups is 2. The molecule has 104 valence electrons. The quantitative estimate of drug-likeness (QED) is 0.643. The van der Waals surface area contributed by atoms with Crippen LogP contribution in [0.2, 0.25) is 0 Å². The van der Waals surface area contributed by atoms with Crippen molar-refractivity contribution in [1.82, 2.24) is 5.32 Å². The summed E-state index contributed by atoms with van der Waals surface area (Å²) in [4.78, 5) is 22.3. The van der Waals surface area contributed by atoms with Gasteiger partial charge >= 0.3 is 12.0 Å². The van der Waals surface area contributed by atoms with Crippen molar-refractivity contribution in [2.45, 2.75) is 19.4 Å². The van der Waals surface area contributed by atoms with Crippen LogP contribution in [-0.4, -0.2) is 34.9 Å². The molecular formula is C12H15FN2O4. The van der Waals surface area contributed by atoms with Crippen LogP contribution in [0.25, 0.3) is 0 Å². The Morgan fingerprint density at radius 3 is 2.68 bits per heavy atom. The molecule has 1 rings (SSSR count). The number of carboxylic acid groups (broad SMARTS) is 1. The fourth-order valence-electron chi connectivity index (χ4n) is 1.44. The first kappa shape index (κ1) is 14.9. The average molecular weight is 270 g/mol. The molecule has 0 saturated carbocycles. The van der Waals surface area contributed by atoms with Gasteiger partial charge in [-0.05, 0) is 24.6 Å². The molecule has 0 aromatic heterocycles. The molecule has 0 aliphatic rings. The second-order valence-electron chi connectivity index (χ2n) is 3.98. The molecule has 0 spiro atoms.